The SMILES string of the molecule is CNc1cccc(N(CCO)CC(F)F)n1. The maximum Gasteiger partial charge on any atom is 0.255 e. The molecule has 0 aliphatic carbocycles. The molecule has 0 atom stereocenters. The van der Waals surface area contributed by atoms with E-state index in [-0.39, 0.29) is 13.2 Å². The van der Waals surface area contributed by atoms with Gasteiger partial charge in [-0.2, -0.15) is 0 Å². The van der Waals surface area contributed by atoms with Crippen LogP contribution < -0.4 is 10.2 Å². The van der Waals surface area contributed by atoms with E-state index in [9.17, 15) is 8.78 Å². The average Bonchev–Trinajstić information content (AvgIpc) is 2.28. The first-order chi connectivity index (χ1) is 7.67. The maximum absolute atomic E-state index is 12.3. The van der Waals surface area contributed by atoms with Crippen molar-refractivity contribution in [1.29, 1.82) is 0 Å². The zero-order valence-corrected chi connectivity index (χ0v) is 9.03. The number of nitrogens with one attached hydrogen (secondary N) is 1. The Morgan fingerprint density at radius 2 is 2.25 bits per heavy atom. The summed E-state index contributed by atoms with van der Waals surface area (Å²) < 4.78 is 24.6. The molecule has 0 aliphatic heterocycles. The van der Waals surface area contributed by atoms with Crippen LogP contribution in [-0.4, -0.2) is 43.3 Å². The van der Waals surface area contributed by atoms with Crippen LogP contribution in [0.1, 0.15) is 0 Å². The van der Waals surface area contributed by atoms with Gasteiger partial charge in [0.2, 0.25) is 0 Å². The number of halogens is 2. The third kappa shape index (κ3) is 3.62. The van der Waals surface area contributed by atoms with Crippen molar-refractivity contribution in [2.45, 2.75) is 6.43 Å². The van der Waals surface area contributed by atoms with Crippen LogP contribution in [0.4, 0.5) is 20.4 Å². The van der Waals surface area contributed by atoms with Crippen molar-refractivity contribution in [3.63, 3.8) is 0 Å². The molecule has 6 heteroatoms. The maximum atomic E-state index is 12.3. The summed E-state index contributed by atoms with van der Waals surface area (Å²) in [5.41, 5.74) is 0. The Hall–Kier alpha value is -1.43. The molecule has 1 heterocycles. The molecule has 0 unspecified atom stereocenters. The number of anilines is 2. The molecule has 4 nitrogen and oxygen atoms in total. The average molecular weight is 231 g/mol. The van der Waals surface area contributed by atoms with E-state index in [2.05, 4.69) is 10.3 Å². The zero-order valence-electron chi connectivity index (χ0n) is 9.03. The van der Waals surface area contributed by atoms with Crippen LogP contribution in [0.15, 0.2) is 18.2 Å². The number of hydrogen-bond acceptors (Lipinski definition) is 4. The van der Waals surface area contributed by atoms with Gasteiger partial charge >= 0.3 is 0 Å². The fourth-order valence-electron chi connectivity index (χ4n) is 1.33. The molecular weight excluding hydrogens is 216 g/mol. The molecule has 90 valence electrons. The van der Waals surface area contributed by atoms with Gasteiger partial charge in [-0.15, -0.1) is 0 Å². The Morgan fingerprint density at radius 1 is 1.50 bits per heavy atom. The molecule has 2 N–H and O–H groups in total. The van der Waals surface area contributed by atoms with Gasteiger partial charge in [0.05, 0.1) is 13.2 Å². The molecule has 16 heavy (non-hydrogen) atoms. The fraction of sp³-hybridized carbons (Fsp3) is 0.500. The van der Waals surface area contributed by atoms with Crippen molar-refractivity contribution in [3.05, 3.63) is 18.2 Å². The van der Waals surface area contributed by atoms with E-state index < -0.39 is 13.0 Å². The van der Waals surface area contributed by atoms with Gasteiger partial charge < -0.3 is 15.3 Å². The van der Waals surface area contributed by atoms with Crippen LogP contribution in [0.5, 0.6) is 0 Å². The first kappa shape index (κ1) is 12.6. The van der Waals surface area contributed by atoms with Gasteiger partial charge in [-0.05, 0) is 12.1 Å². The molecule has 0 saturated heterocycles. The summed E-state index contributed by atoms with van der Waals surface area (Å²) in [6, 6.07) is 5.10. The van der Waals surface area contributed by atoms with Crippen LogP contribution in [0.3, 0.4) is 0 Å². The minimum atomic E-state index is -2.45. The van der Waals surface area contributed by atoms with Crippen molar-refractivity contribution < 1.29 is 13.9 Å². The van der Waals surface area contributed by atoms with Crippen LogP contribution in [-0.2, 0) is 0 Å². The van der Waals surface area contributed by atoms with E-state index in [1.807, 2.05) is 0 Å². The largest absolute Gasteiger partial charge is 0.395 e. The summed E-state index contributed by atoms with van der Waals surface area (Å²) in [7, 11) is 1.70. The third-order valence-corrected chi connectivity index (χ3v) is 2.04. The number of rotatable bonds is 6. The molecular formula is C10H15F2N3O. The Kier molecular flexibility index (Phi) is 4.91. The highest BCUT2D eigenvalue weighted by molar-refractivity contribution is 5.46. The lowest BCUT2D eigenvalue weighted by molar-refractivity contribution is 0.152. The Bertz CT molecular complexity index is 323. The van der Waals surface area contributed by atoms with E-state index in [0.29, 0.717) is 11.6 Å². The van der Waals surface area contributed by atoms with Gasteiger partial charge in [0.25, 0.3) is 6.43 Å². The quantitative estimate of drug-likeness (QED) is 0.772. The Balaban J connectivity index is 2.82. The second-order valence-corrected chi connectivity index (χ2v) is 3.19. The van der Waals surface area contributed by atoms with Crippen LogP contribution in [0, 0.1) is 0 Å². The summed E-state index contributed by atoms with van der Waals surface area (Å²) in [6.45, 7) is -0.469. The lowest BCUT2D eigenvalue weighted by Crippen LogP contribution is -2.32. The monoisotopic (exact) mass is 231 g/mol. The molecule has 0 bridgehead atoms. The predicted molar refractivity (Wildman–Crippen MR) is 59.1 cm³/mol. The molecule has 1 rings (SSSR count). The molecule has 0 saturated carbocycles. The van der Waals surface area contributed by atoms with Gasteiger partial charge in [-0.1, -0.05) is 6.07 Å². The minimum absolute atomic E-state index is 0.143. The molecule has 1 aromatic rings. The normalized spacial score (nSPS) is 10.6. The molecule has 0 fully saturated rings. The van der Waals surface area contributed by atoms with E-state index in [1.54, 1.807) is 25.2 Å². The minimum Gasteiger partial charge on any atom is -0.395 e. The third-order valence-electron chi connectivity index (χ3n) is 2.04. The molecule has 0 amide bonds. The van der Waals surface area contributed by atoms with Crippen molar-refractivity contribution in [1.82, 2.24) is 4.98 Å². The summed E-state index contributed by atoms with van der Waals surface area (Å²) in [6.07, 6.45) is -2.45. The van der Waals surface area contributed by atoms with E-state index >= 15 is 0 Å². The van der Waals surface area contributed by atoms with Gasteiger partial charge in [-0.25, -0.2) is 13.8 Å². The number of pyridine rings is 1. The summed E-state index contributed by atoms with van der Waals surface area (Å²) >= 11 is 0. The molecule has 0 spiro atoms. The summed E-state index contributed by atoms with van der Waals surface area (Å²) in [4.78, 5) is 5.49. The highest BCUT2D eigenvalue weighted by Crippen LogP contribution is 2.14. The summed E-state index contributed by atoms with van der Waals surface area (Å²) in [5.74, 6) is 1.04. The number of nitrogens with zero attached hydrogens (tertiary/aromatic N) is 2. The van der Waals surface area contributed by atoms with Gasteiger partial charge in [-0.3, -0.25) is 0 Å². The molecule has 1 aromatic heterocycles. The topological polar surface area (TPSA) is 48.4 Å². The van der Waals surface area contributed by atoms with Crippen LogP contribution >= 0.6 is 0 Å². The van der Waals surface area contributed by atoms with Gasteiger partial charge in [0.1, 0.15) is 11.6 Å². The van der Waals surface area contributed by atoms with E-state index in [4.69, 9.17) is 5.11 Å². The second kappa shape index (κ2) is 6.22. The van der Waals surface area contributed by atoms with Crippen molar-refractivity contribution in [2.75, 3.05) is 37.0 Å². The Labute approximate surface area is 92.9 Å². The number of aromatic nitrogens is 1. The van der Waals surface area contributed by atoms with Crippen molar-refractivity contribution in [2.24, 2.45) is 0 Å². The number of aliphatic hydroxyl groups is 1. The van der Waals surface area contributed by atoms with Crippen LogP contribution in [0.25, 0.3) is 0 Å². The second-order valence-electron chi connectivity index (χ2n) is 3.19. The predicted octanol–water partition coefficient (Wildman–Crippen LogP) is 1.19. The van der Waals surface area contributed by atoms with Crippen molar-refractivity contribution >= 4 is 11.6 Å². The summed E-state index contributed by atoms with van der Waals surface area (Å²) in [5, 5.41) is 11.6. The smallest absolute Gasteiger partial charge is 0.255 e. The van der Waals surface area contributed by atoms with Gasteiger partial charge in [0.15, 0.2) is 0 Å². The van der Waals surface area contributed by atoms with E-state index in [1.165, 1.54) is 4.90 Å². The zero-order chi connectivity index (χ0) is 12.0. The standard InChI is InChI=1S/C10H15F2N3O/c1-13-9-3-2-4-10(14-9)15(5-6-16)7-8(11)12/h2-4,8,16H,5-7H2,1H3,(H,13,14). The van der Waals surface area contributed by atoms with Crippen LogP contribution in [0.2, 0.25) is 0 Å². The Morgan fingerprint density at radius 3 is 2.81 bits per heavy atom. The molecule has 0 radical (unpaired) electrons. The molecule has 0 aliphatic rings. The first-order valence-corrected chi connectivity index (χ1v) is 4.96. The van der Waals surface area contributed by atoms with Gasteiger partial charge in [0, 0.05) is 13.6 Å². The lowest BCUT2D eigenvalue weighted by atomic mass is 10.4. The lowest BCUT2D eigenvalue weighted by Gasteiger charge is -2.22. The van der Waals surface area contributed by atoms with E-state index in [0.717, 1.165) is 0 Å². The van der Waals surface area contributed by atoms with Crippen molar-refractivity contribution in [3.8, 4) is 0 Å². The highest BCUT2D eigenvalue weighted by Gasteiger charge is 2.13. The molecule has 0 aromatic carbocycles. The fourth-order valence-corrected chi connectivity index (χ4v) is 1.33. The highest BCUT2D eigenvalue weighted by atomic mass is 19.3. The number of alkyl halides is 2. The number of hydrogen-bond donors (Lipinski definition) is 2. The number of aliphatic hydroxyl groups excluding tert-OH is 1. The first-order valence-electron chi connectivity index (χ1n) is 4.96.